The van der Waals surface area contributed by atoms with Crippen LogP contribution in [0, 0.1) is 0 Å². The van der Waals surface area contributed by atoms with Crippen LogP contribution in [0.25, 0.3) is 0 Å². The molecule has 0 aromatic heterocycles. The van der Waals surface area contributed by atoms with Gasteiger partial charge in [-0.25, -0.2) is 14.4 Å². The normalized spacial score (nSPS) is 19.1. The van der Waals surface area contributed by atoms with E-state index >= 15 is 0 Å². The minimum absolute atomic E-state index is 0.159. The number of unbranched alkanes of at least 4 members (excludes halogenated alkanes) is 9. The second-order valence-corrected chi connectivity index (χ2v) is 13.0. The maximum absolute atomic E-state index is 13.4. The predicted octanol–water partition coefficient (Wildman–Crippen LogP) is 9.52. The van der Waals surface area contributed by atoms with Gasteiger partial charge in [-0.2, -0.15) is 0 Å². The van der Waals surface area contributed by atoms with E-state index in [-0.39, 0.29) is 12.7 Å². The Kier molecular flexibility index (Phi) is 17.0. The number of esters is 3. The topological polar surface area (TPSA) is 97.4 Å². The molecule has 0 saturated carbocycles. The molecule has 8 heteroatoms. The molecule has 1 saturated heterocycles. The van der Waals surface area contributed by atoms with Gasteiger partial charge in [-0.3, -0.25) is 0 Å². The standard InChI is InChI=1S/C42H54O8/c1-3-5-6-7-8-9-10-11-12-22-30-35(23-4-2)47-42-38(50-41(45)34-28-20-15-21-29-34)37(49-40(44)33-26-18-14-19-27-33)36(48-42)31-46-39(43)32-24-16-13-17-25-32/h13-21,24-29,35-38,42H,3-12,22-23,30-31H2,1-2H3/t35?,36-,37-,38-,42-/m1/s1. The molecule has 1 fully saturated rings. The Labute approximate surface area is 297 Å². The number of carbonyl (C=O) groups is 3. The van der Waals surface area contributed by atoms with Crippen LogP contribution in [0.15, 0.2) is 91.0 Å². The van der Waals surface area contributed by atoms with Crippen LogP contribution in [0.3, 0.4) is 0 Å². The molecule has 1 heterocycles. The number of hydrogen-bond acceptors (Lipinski definition) is 8. The lowest BCUT2D eigenvalue weighted by atomic mass is 10.0. The Morgan fingerprint density at radius 3 is 1.52 bits per heavy atom. The molecule has 0 spiro atoms. The first kappa shape index (κ1) is 38.8. The monoisotopic (exact) mass is 686 g/mol. The molecule has 1 aliphatic heterocycles. The summed E-state index contributed by atoms with van der Waals surface area (Å²) in [6, 6.07) is 25.8. The molecule has 270 valence electrons. The summed E-state index contributed by atoms with van der Waals surface area (Å²) < 4.78 is 30.7. The lowest BCUT2D eigenvalue weighted by Gasteiger charge is -2.27. The number of ether oxygens (including phenoxy) is 5. The fourth-order valence-corrected chi connectivity index (χ4v) is 6.20. The maximum Gasteiger partial charge on any atom is 0.338 e. The average Bonchev–Trinajstić information content (AvgIpc) is 3.46. The van der Waals surface area contributed by atoms with Crippen LogP contribution in [0.5, 0.6) is 0 Å². The van der Waals surface area contributed by atoms with Gasteiger partial charge in [-0.05, 0) is 49.2 Å². The quantitative estimate of drug-likeness (QED) is 0.0586. The van der Waals surface area contributed by atoms with Crippen LogP contribution < -0.4 is 0 Å². The highest BCUT2D eigenvalue weighted by Crippen LogP contribution is 2.32. The molecule has 8 nitrogen and oxygen atoms in total. The van der Waals surface area contributed by atoms with Crippen molar-refractivity contribution >= 4 is 17.9 Å². The van der Waals surface area contributed by atoms with Gasteiger partial charge in [-0.1, -0.05) is 139 Å². The third-order valence-electron chi connectivity index (χ3n) is 8.98. The van der Waals surface area contributed by atoms with Gasteiger partial charge in [0.25, 0.3) is 0 Å². The van der Waals surface area contributed by atoms with Gasteiger partial charge >= 0.3 is 17.9 Å². The van der Waals surface area contributed by atoms with Crippen molar-refractivity contribution in [3.8, 4) is 0 Å². The van der Waals surface area contributed by atoms with Crippen molar-refractivity contribution in [1.29, 1.82) is 0 Å². The molecule has 4 rings (SSSR count). The van der Waals surface area contributed by atoms with Crippen molar-refractivity contribution in [2.24, 2.45) is 0 Å². The van der Waals surface area contributed by atoms with Crippen molar-refractivity contribution in [2.45, 2.75) is 128 Å². The number of rotatable bonds is 22. The zero-order valence-corrected chi connectivity index (χ0v) is 29.7. The molecule has 1 aliphatic rings. The molecule has 1 unspecified atom stereocenters. The zero-order valence-electron chi connectivity index (χ0n) is 29.7. The summed E-state index contributed by atoms with van der Waals surface area (Å²) in [6.45, 7) is 4.11. The van der Waals surface area contributed by atoms with Crippen molar-refractivity contribution in [1.82, 2.24) is 0 Å². The Morgan fingerprint density at radius 2 is 1.02 bits per heavy atom. The van der Waals surface area contributed by atoms with E-state index in [9.17, 15) is 14.4 Å². The molecule has 0 aliphatic carbocycles. The molecule has 0 amide bonds. The van der Waals surface area contributed by atoms with Crippen molar-refractivity contribution in [3.63, 3.8) is 0 Å². The molecule has 0 radical (unpaired) electrons. The molecule has 50 heavy (non-hydrogen) atoms. The van der Waals surface area contributed by atoms with Crippen LogP contribution in [-0.2, 0) is 23.7 Å². The van der Waals surface area contributed by atoms with Crippen molar-refractivity contribution < 1.29 is 38.1 Å². The summed E-state index contributed by atoms with van der Waals surface area (Å²) in [5.41, 5.74) is 1.05. The van der Waals surface area contributed by atoms with E-state index < -0.39 is 42.5 Å². The van der Waals surface area contributed by atoms with Crippen molar-refractivity contribution in [2.75, 3.05) is 6.61 Å². The van der Waals surface area contributed by atoms with Gasteiger partial charge in [0.2, 0.25) is 0 Å². The molecular formula is C42H54O8. The largest absolute Gasteiger partial charge is 0.459 e. The average molecular weight is 687 g/mol. The third-order valence-corrected chi connectivity index (χ3v) is 8.98. The molecule has 0 bridgehead atoms. The molecule has 3 aromatic rings. The summed E-state index contributed by atoms with van der Waals surface area (Å²) in [7, 11) is 0. The first-order valence-corrected chi connectivity index (χ1v) is 18.5. The Hall–Kier alpha value is -4.01. The number of hydrogen-bond donors (Lipinski definition) is 0. The number of benzene rings is 3. The van der Waals surface area contributed by atoms with E-state index in [1.807, 2.05) is 12.1 Å². The summed E-state index contributed by atoms with van der Waals surface area (Å²) >= 11 is 0. The molecule has 5 atom stereocenters. The first-order chi connectivity index (χ1) is 24.5. The summed E-state index contributed by atoms with van der Waals surface area (Å²) in [4.78, 5) is 39.7. The van der Waals surface area contributed by atoms with Gasteiger partial charge in [-0.15, -0.1) is 0 Å². The summed E-state index contributed by atoms with van der Waals surface area (Å²) in [5.74, 6) is -1.76. The fourth-order valence-electron chi connectivity index (χ4n) is 6.20. The Morgan fingerprint density at radius 1 is 0.560 bits per heavy atom. The van der Waals surface area contributed by atoms with Crippen molar-refractivity contribution in [3.05, 3.63) is 108 Å². The van der Waals surface area contributed by atoms with Gasteiger partial charge in [0.05, 0.1) is 22.8 Å². The second-order valence-electron chi connectivity index (χ2n) is 13.0. The minimum atomic E-state index is -1.11. The van der Waals surface area contributed by atoms with E-state index in [1.54, 1.807) is 78.9 Å². The highest BCUT2D eigenvalue weighted by Gasteiger charge is 2.51. The minimum Gasteiger partial charge on any atom is -0.459 e. The SMILES string of the molecule is CCCCCCCCCCCCC(CCC)O[C@@H]1O[C@H](COC(=O)c2ccccc2)[C@@H](OC(=O)c2ccccc2)[C@H]1OC(=O)c1ccccc1. The Balaban J connectivity index is 1.48. The maximum atomic E-state index is 13.4. The molecule has 0 N–H and O–H groups in total. The summed E-state index contributed by atoms with van der Waals surface area (Å²) in [5, 5.41) is 0. The van der Waals surface area contributed by atoms with Crippen LogP contribution >= 0.6 is 0 Å². The van der Waals surface area contributed by atoms with E-state index in [0.717, 1.165) is 32.1 Å². The van der Waals surface area contributed by atoms with Crippen LogP contribution in [0.2, 0.25) is 0 Å². The van der Waals surface area contributed by atoms with Crippen LogP contribution in [0.4, 0.5) is 0 Å². The fraction of sp³-hybridized carbons (Fsp3) is 0.500. The lowest BCUT2D eigenvalue weighted by molar-refractivity contribution is -0.196. The van der Waals surface area contributed by atoms with E-state index in [0.29, 0.717) is 16.7 Å². The highest BCUT2D eigenvalue weighted by molar-refractivity contribution is 5.91. The lowest BCUT2D eigenvalue weighted by Crippen LogP contribution is -2.43. The first-order valence-electron chi connectivity index (χ1n) is 18.5. The van der Waals surface area contributed by atoms with Gasteiger partial charge in [0.15, 0.2) is 18.5 Å². The van der Waals surface area contributed by atoms with Crippen LogP contribution in [-0.4, -0.2) is 55.2 Å². The predicted molar refractivity (Wildman–Crippen MR) is 193 cm³/mol. The number of carbonyl (C=O) groups excluding carboxylic acids is 3. The Bertz CT molecular complexity index is 1400. The molecular weight excluding hydrogens is 632 g/mol. The van der Waals surface area contributed by atoms with Crippen LogP contribution in [0.1, 0.15) is 128 Å². The van der Waals surface area contributed by atoms with E-state index in [1.165, 1.54) is 51.4 Å². The van der Waals surface area contributed by atoms with Gasteiger partial charge in [0, 0.05) is 0 Å². The van der Waals surface area contributed by atoms with E-state index in [2.05, 4.69) is 13.8 Å². The van der Waals surface area contributed by atoms with Gasteiger partial charge in [0.1, 0.15) is 12.7 Å². The van der Waals surface area contributed by atoms with E-state index in [4.69, 9.17) is 23.7 Å². The highest BCUT2D eigenvalue weighted by atomic mass is 16.7. The summed E-state index contributed by atoms with van der Waals surface area (Å²) in [6.07, 6.45) is 10.5. The smallest absolute Gasteiger partial charge is 0.338 e. The molecule has 3 aromatic carbocycles. The second kappa shape index (κ2) is 21.9. The third kappa shape index (κ3) is 12.7. The van der Waals surface area contributed by atoms with Gasteiger partial charge < -0.3 is 23.7 Å². The zero-order chi connectivity index (χ0) is 35.4.